The van der Waals surface area contributed by atoms with Gasteiger partial charge in [0.1, 0.15) is 0 Å². The molecule has 0 nitrogen and oxygen atoms in total. The second-order valence-electron chi connectivity index (χ2n) is 5.62. The molecule has 0 aliphatic heterocycles. The minimum absolute atomic E-state index is 0.453. The Morgan fingerprint density at radius 2 is 1.79 bits per heavy atom. The van der Waals surface area contributed by atoms with Gasteiger partial charge in [-0.3, -0.25) is 0 Å². The molecule has 0 spiro atoms. The smallest absolute Gasteiger partial charge is 0.0321 e. The first-order valence-corrected chi connectivity index (χ1v) is 5.95. The summed E-state index contributed by atoms with van der Waals surface area (Å²) in [6.45, 7) is 18.0. The van der Waals surface area contributed by atoms with Crippen LogP contribution < -0.4 is 0 Å². The molecule has 0 aliphatic rings. The summed E-state index contributed by atoms with van der Waals surface area (Å²) in [5, 5.41) is 0. The van der Waals surface area contributed by atoms with Crippen molar-refractivity contribution < 1.29 is 0 Å². The number of allylic oxidation sites excluding steroid dienone is 1. The minimum atomic E-state index is 0.453. The SMILES string of the molecule is C=C(C)CCC(C)(C)C(C)C(C)CC. The van der Waals surface area contributed by atoms with E-state index in [0.29, 0.717) is 5.41 Å². The maximum Gasteiger partial charge on any atom is -0.0321 e. The standard InChI is InChI=1S/C14H28/c1-8-12(4)13(5)14(6,7)10-9-11(2)3/h12-13H,2,8-10H2,1,3-7H3. The summed E-state index contributed by atoms with van der Waals surface area (Å²) < 4.78 is 0. The van der Waals surface area contributed by atoms with Crippen LogP contribution >= 0.6 is 0 Å². The molecule has 2 atom stereocenters. The van der Waals surface area contributed by atoms with E-state index >= 15 is 0 Å². The van der Waals surface area contributed by atoms with Crippen LogP contribution in [0.1, 0.15) is 60.8 Å². The molecule has 0 aromatic heterocycles. The van der Waals surface area contributed by atoms with Gasteiger partial charge in [0, 0.05) is 0 Å². The lowest BCUT2D eigenvalue weighted by Crippen LogP contribution is -2.26. The zero-order valence-corrected chi connectivity index (χ0v) is 11.0. The summed E-state index contributed by atoms with van der Waals surface area (Å²) >= 11 is 0. The van der Waals surface area contributed by atoms with Gasteiger partial charge in [-0.15, -0.1) is 6.58 Å². The molecule has 0 N–H and O–H groups in total. The highest BCUT2D eigenvalue weighted by atomic mass is 14.3. The molecule has 0 amide bonds. The van der Waals surface area contributed by atoms with Crippen molar-refractivity contribution in [1.82, 2.24) is 0 Å². The van der Waals surface area contributed by atoms with E-state index in [1.54, 1.807) is 0 Å². The first kappa shape index (κ1) is 13.7. The van der Waals surface area contributed by atoms with E-state index < -0.39 is 0 Å². The molecule has 14 heavy (non-hydrogen) atoms. The van der Waals surface area contributed by atoms with E-state index in [1.165, 1.54) is 24.8 Å². The van der Waals surface area contributed by atoms with Crippen LogP contribution in [-0.4, -0.2) is 0 Å². The molecule has 84 valence electrons. The maximum absolute atomic E-state index is 3.98. The molecule has 0 saturated heterocycles. The highest BCUT2D eigenvalue weighted by Gasteiger charge is 2.28. The molecule has 0 aliphatic carbocycles. The molecular formula is C14H28. The molecule has 0 aromatic carbocycles. The van der Waals surface area contributed by atoms with E-state index in [2.05, 4.69) is 48.1 Å². The Hall–Kier alpha value is -0.260. The van der Waals surface area contributed by atoms with E-state index in [9.17, 15) is 0 Å². The Morgan fingerprint density at radius 1 is 1.29 bits per heavy atom. The lowest BCUT2D eigenvalue weighted by Gasteiger charge is -2.36. The van der Waals surface area contributed by atoms with Gasteiger partial charge in [-0.2, -0.15) is 0 Å². The third-order valence-corrected chi connectivity index (χ3v) is 3.93. The van der Waals surface area contributed by atoms with E-state index in [0.717, 1.165) is 11.8 Å². The molecule has 0 aromatic rings. The van der Waals surface area contributed by atoms with Crippen LogP contribution in [0.5, 0.6) is 0 Å². The summed E-state index contributed by atoms with van der Waals surface area (Å²) in [4.78, 5) is 0. The Kier molecular flexibility index (Phi) is 5.48. The fraction of sp³-hybridized carbons (Fsp3) is 0.857. The third-order valence-electron chi connectivity index (χ3n) is 3.93. The van der Waals surface area contributed by atoms with Gasteiger partial charge in [0.25, 0.3) is 0 Å². The Labute approximate surface area is 90.8 Å². The van der Waals surface area contributed by atoms with Gasteiger partial charge in [-0.25, -0.2) is 0 Å². The molecule has 0 bridgehead atoms. The van der Waals surface area contributed by atoms with Crippen molar-refractivity contribution in [2.45, 2.75) is 60.8 Å². The lowest BCUT2D eigenvalue weighted by molar-refractivity contribution is 0.149. The third kappa shape index (κ3) is 4.30. The predicted octanol–water partition coefficient (Wildman–Crippen LogP) is 5.05. The lowest BCUT2D eigenvalue weighted by atomic mass is 9.70. The van der Waals surface area contributed by atoms with Crippen molar-refractivity contribution in [3.8, 4) is 0 Å². The summed E-state index contributed by atoms with van der Waals surface area (Å²) in [6, 6.07) is 0. The van der Waals surface area contributed by atoms with Crippen LogP contribution in [0.15, 0.2) is 12.2 Å². The van der Waals surface area contributed by atoms with Gasteiger partial charge in [-0.05, 0) is 37.0 Å². The first-order valence-electron chi connectivity index (χ1n) is 5.95. The summed E-state index contributed by atoms with van der Waals surface area (Å²) in [6.07, 6.45) is 3.74. The number of rotatable bonds is 6. The van der Waals surface area contributed by atoms with Gasteiger partial charge < -0.3 is 0 Å². The summed E-state index contributed by atoms with van der Waals surface area (Å²) in [5.74, 6) is 1.63. The summed E-state index contributed by atoms with van der Waals surface area (Å²) in [5.41, 5.74) is 1.77. The zero-order chi connectivity index (χ0) is 11.4. The minimum Gasteiger partial charge on any atom is -0.100 e. The molecule has 0 rings (SSSR count). The highest BCUT2D eigenvalue weighted by Crippen LogP contribution is 2.38. The molecule has 0 saturated carbocycles. The molecule has 0 fully saturated rings. The molecular weight excluding hydrogens is 168 g/mol. The van der Waals surface area contributed by atoms with Crippen molar-refractivity contribution in [2.75, 3.05) is 0 Å². The quantitative estimate of drug-likeness (QED) is 0.521. The van der Waals surface area contributed by atoms with E-state index in [1.807, 2.05) is 0 Å². The van der Waals surface area contributed by atoms with Crippen LogP contribution in [0.2, 0.25) is 0 Å². The van der Waals surface area contributed by atoms with Gasteiger partial charge in [0.2, 0.25) is 0 Å². The fourth-order valence-electron chi connectivity index (χ4n) is 1.89. The maximum atomic E-state index is 3.98. The van der Waals surface area contributed by atoms with Gasteiger partial charge in [0.05, 0.1) is 0 Å². The van der Waals surface area contributed by atoms with Crippen LogP contribution in [-0.2, 0) is 0 Å². The predicted molar refractivity (Wildman–Crippen MR) is 66.4 cm³/mol. The molecule has 2 unspecified atom stereocenters. The van der Waals surface area contributed by atoms with E-state index in [4.69, 9.17) is 0 Å². The summed E-state index contributed by atoms with van der Waals surface area (Å²) in [7, 11) is 0. The average Bonchev–Trinajstić information content (AvgIpc) is 2.12. The largest absolute Gasteiger partial charge is 0.100 e. The number of hydrogen-bond acceptors (Lipinski definition) is 0. The fourth-order valence-corrected chi connectivity index (χ4v) is 1.89. The highest BCUT2D eigenvalue weighted by molar-refractivity contribution is 4.91. The van der Waals surface area contributed by atoms with Crippen molar-refractivity contribution in [3.05, 3.63) is 12.2 Å². The van der Waals surface area contributed by atoms with Gasteiger partial charge in [-0.1, -0.05) is 46.6 Å². The van der Waals surface area contributed by atoms with Crippen LogP contribution in [0.4, 0.5) is 0 Å². The molecule has 0 heteroatoms. The normalized spacial score (nSPS) is 16.4. The van der Waals surface area contributed by atoms with Crippen molar-refractivity contribution in [3.63, 3.8) is 0 Å². The Balaban J connectivity index is 4.21. The number of hydrogen-bond donors (Lipinski definition) is 0. The van der Waals surface area contributed by atoms with Crippen LogP contribution in [0, 0.1) is 17.3 Å². The first-order chi connectivity index (χ1) is 6.31. The zero-order valence-electron chi connectivity index (χ0n) is 11.0. The van der Waals surface area contributed by atoms with Crippen LogP contribution in [0.25, 0.3) is 0 Å². The van der Waals surface area contributed by atoms with Crippen molar-refractivity contribution in [1.29, 1.82) is 0 Å². The van der Waals surface area contributed by atoms with Gasteiger partial charge >= 0.3 is 0 Å². The topological polar surface area (TPSA) is 0 Å². The monoisotopic (exact) mass is 196 g/mol. The Bertz CT molecular complexity index is 176. The molecule has 0 radical (unpaired) electrons. The average molecular weight is 196 g/mol. The Morgan fingerprint density at radius 3 is 2.14 bits per heavy atom. The molecule has 0 heterocycles. The van der Waals surface area contributed by atoms with Gasteiger partial charge in [0.15, 0.2) is 0 Å². The van der Waals surface area contributed by atoms with E-state index in [-0.39, 0.29) is 0 Å². The van der Waals surface area contributed by atoms with Crippen LogP contribution in [0.3, 0.4) is 0 Å². The van der Waals surface area contributed by atoms with Crippen molar-refractivity contribution >= 4 is 0 Å². The second-order valence-corrected chi connectivity index (χ2v) is 5.62. The second kappa shape index (κ2) is 5.58. The van der Waals surface area contributed by atoms with Crippen molar-refractivity contribution in [2.24, 2.45) is 17.3 Å².